The minimum atomic E-state index is -0.329. The van der Waals surface area contributed by atoms with Crippen molar-refractivity contribution in [3.8, 4) is 0 Å². The van der Waals surface area contributed by atoms with Gasteiger partial charge in [-0.1, -0.05) is 12.1 Å². The van der Waals surface area contributed by atoms with Crippen molar-refractivity contribution in [1.82, 2.24) is 10.2 Å². The van der Waals surface area contributed by atoms with Gasteiger partial charge in [0.15, 0.2) is 0 Å². The van der Waals surface area contributed by atoms with Gasteiger partial charge in [-0.2, -0.15) is 0 Å². The van der Waals surface area contributed by atoms with Crippen molar-refractivity contribution >= 4 is 23.4 Å². The Labute approximate surface area is 183 Å². The highest BCUT2D eigenvalue weighted by Gasteiger charge is 2.28. The molecule has 1 atom stereocenters. The van der Waals surface area contributed by atoms with Crippen LogP contribution >= 0.6 is 0 Å². The minimum absolute atomic E-state index is 0.177. The molecular weight excluding hydrogens is 392 g/mol. The first-order chi connectivity index (χ1) is 14.6. The lowest BCUT2D eigenvalue weighted by Gasteiger charge is -2.22. The number of rotatable bonds is 6. The molecule has 1 heterocycles. The highest BCUT2D eigenvalue weighted by molar-refractivity contribution is 6.05. The molecule has 1 aliphatic heterocycles. The zero-order valence-electron chi connectivity index (χ0n) is 18.3. The number of amides is 3. The van der Waals surface area contributed by atoms with Crippen LogP contribution in [0.25, 0.3) is 0 Å². The summed E-state index contributed by atoms with van der Waals surface area (Å²) < 4.78 is 0. The molecule has 1 fully saturated rings. The van der Waals surface area contributed by atoms with Gasteiger partial charge in [0.05, 0.1) is 6.04 Å². The third-order valence-electron chi connectivity index (χ3n) is 5.16. The van der Waals surface area contributed by atoms with Crippen molar-refractivity contribution in [3.05, 3.63) is 65.2 Å². The molecule has 7 heteroatoms. The van der Waals surface area contributed by atoms with Crippen molar-refractivity contribution in [3.63, 3.8) is 0 Å². The molecule has 0 bridgehead atoms. The van der Waals surface area contributed by atoms with Crippen molar-refractivity contribution in [2.45, 2.75) is 51.7 Å². The quantitative estimate of drug-likeness (QED) is 0.666. The van der Waals surface area contributed by atoms with E-state index in [4.69, 9.17) is 5.73 Å². The summed E-state index contributed by atoms with van der Waals surface area (Å²) in [6, 6.07) is 13.9. The second kappa shape index (κ2) is 9.31. The van der Waals surface area contributed by atoms with Gasteiger partial charge in [0.2, 0.25) is 5.91 Å². The minimum Gasteiger partial charge on any atom is -0.368 e. The molecule has 31 heavy (non-hydrogen) atoms. The van der Waals surface area contributed by atoms with E-state index in [1.54, 1.807) is 24.3 Å². The fourth-order valence-corrected chi connectivity index (χ4v) is 3.71. The van der Waals surface area contributed by atoms with Crippen LogP contribution in [-0.2, 0) is 11.3 Å². The molecule has 7 nitrogen and oxygen atoms in total. The lowest BCUT2D eigenvalue weighted by atomic mass is 10.1. The van der Waals surface area contributed by atoms with Crippen LogP contribution in [0.5, 0.6) is 0 Å². The van der Waals surface area contributed by atoms with E-state index in [2.05, 4.69) is 15.5 Å². The molecule has 0 aromatic heterocycles. The predicted octanol–water partition coefficient (Wildman–Crippen LogP) is 2.92. The fraction of sp³-hybridized carbons (Fsp3) is 0.375. The van der Waals surface area contributed by atoms with Gasteiger partial charge in [0, 0.05) is 28.9 Å². The lowest BCUT2D eigenvalue weighted by molar-refractivity contribution is -0.122. The zero-order chi connectivity index (χ0) is 22.6. The Kier molecular flexibility index (Phi) is 6.75. The van der Waals surface area contributed by atoms with Crippen LogP contribution in [0.2, 0.25) is 0 Å². The number of carbonyl (C=O) groups is 3. The van der Waals surface area contributed by atoms with Crippen LogP contribution in [0.1, 0.15) is 59.9 Å². The Balaban J connectivity index is 1.63. The van der Waals surface area contributed by atoms with Crippen LogP contribution in [0, 0.1) is 0 Å². The molecule has 0 saturated carbocycles. The van der Waals surface area contributed by atoms with E-state index in [1.807, 2.05) is 45.0 Å². The molecule has 3 rings (SSSR count). The van der Waals surface area contributed by atoms with E-state index in [0.717, 1.165) is 24.9 Å². The molecule has 1 saturated heterocycles. The average molecular weight is 423 g/mol. The smallest absolute Gasteiger partial charge is 0.255 e. The van der Waals surface area contributed by atoms with Crippen LogP contribution in [0.15, 0.2) is 48.5 Å². The Hall–Kier alpha value is -3.19. The highest BCUT2D eigenvalue weighted by atomic mass is 16.2. The number of nitrogens with one attached hydrogen (secondary N) is 2. The molecule has 164 valence electrons. The Morgan fingerprint density at radius 1 is 1.03 bits per heavy atom. The van der Waals surface area contributed by atoms with Crippen molar-refractivity contribution in [2.75, 3.05) is 11.9 Å². The van der Waals surface area contributed by atoms with Crippen LogP contribution in [0.4, 0.5) is 5.69 Å². The highest BCUT2D eigenvalue weighted by Crippen LogP contribution is 2.21. The largest absolute Gasteiger partial charge is 0.368 e. The summed E-state index contributed by atoms with van der Waals surface area (Å²) in [4.78, 5) is 38.5. The van der Waals surface area contributed by atoms with Gasteiger partial charge >= 0.3 is 0 Å². The summed E-state index contributed by atoms with van der Waals surface area (Å²) in [5, 5.41) is 5.79. The molecule has 4 N–H and O–H groups in total. The first-order valence-electron chi connectivity index (χ1n) is 10.5. The molecule has 2 aromatic rings. The Morgan fingerprint density at radius 3 is 2.29 bits per heavy atom. The number of hydrogen-bond donors (Lipinski definition) is 3. The first-order valence-corrected chi connectivity index (χ1v) is 10.5. The summed E-state index contributed by atoms with van der Waals surface area (Å²) in [6.07, 6.45) is 1.74. The van der Waals surface area contributed by atoms with Gasteiger partial charge in [0.25, 0.3) is 11.8 Å². The topological polar surface area (TPSA) is 105 Å². The predicted molar refractivity (Wildman–Crippen MR) is 121 cm³/mol. The van der Waals surface area contributed by atoms with Gasteiger partial charge in [-0.15, -0.1) is 0 Å². The number of nitrogens with two attached hydrogens (primary N) is 1. The average Bonchev–Trinajstić information content (AvgIpc) is 3.15. The monoisotopic (exact) mass is 422 g/mol. The SMILES string of the molecule is CC(C)(C)NC(=O)c1ccc(C(=O)Nc2cccc(CN3CCCC3C(N)=O)c2)cc1. The number of likely N-dealkylation sites (tertiary alicyclic amines) is 1. The zero-order valence-corrected chi connectivity index (χ0v) is 18.3. The maximum Gasteiger partial charge on any atom is 0.255 e. The molecule has 0 aliphatic carbocycles. The Morgan fingerprint density at radius 2 is 1.68 bits per heavy atom. The van der Waals surface area contributed by atoms with Crippen molar-refractivity contribution < 1.29 is 14.4 Å². The molecular formula is C24H30N4O3. The van der Waals surface area contributed by atoms with E-state index in [9.17, 15) is 14.4 Å². The second-order valence-electron chi connectivity index (χ2n) is 8.97. The maximum absolute atomic E-state index is 12.6. The van der Waals surface area contributed by atoms with Crippen LogP contribution in [-0.4, -0.2) is 40.7 Å². The summed E-state index contributed by atoms with van der Waals surface area (Å²) in [7, 11) is 0. The summed E-state index contributed by atoms with van der Waals surface area (Å²) >= 11 is 0. The summed E-state index contributed by atoms with van der Waals surface area (Å²) in [5.74, 6) is -0.721. The van der Waals surface area contributed by atoms with E-state index in [-0.39, 0.29) is 29.3 Å². The van der Waals surface area contributed by atoms with Gasteiger partial charge in [-0.25, -0.2) is 0 Å². The first kappa shape index (κ1) is 22.5. The second-order valence-corrected chi connectivity index (χ2v) is 8.97. The third-order valence-corrected chi connectivity index (χ3v) is 5.16. The molecule has 1 unspecified atom stereocenters. The van der Waals surface area contributed by atoms with E-state index in [0.29, 0.717) is 23.4 Å². The third kappa shape index (κ3) is 6.15. The summed E-state index contributed by atoms with van der Waals surface area (Å²) in [5.41, 5.74) is 7.81. The van der Waals surface area contributed by atoms with E-state index < -0.39 is 0 Å². The van der Waals surface area contributed by atoms with Gasteiger partial charge < -0.3 is 16.4 Å². The summed E-state index contributed by atoms with van der Waals surface area (Å²) in [6.45, 7) is 7.18. The molecule has 3 amide bonds. The number of hydrogen-bond acceptors (Lipinski definition) is 4. The van der Waals surface area contributed by atoms with E-state index in [1.165, 1.54) is 0 Å². The molecule has 0 radical (unpaired) electrons. The molecule has 1 aliphatic rings. The van der Waals surface area contributed by atoms with E-state index >= 15 is 0 Å². The fourth-order valence-electron chi connectivity index (χ4n) is 3.71. The van der Waals surface area contributed by atoms with Gasteiger partial charge in [-0.05, 0) is 82.1 Å². The van der Waals surface area contributed by atoms with Gasteiger partial charge in [-0.3, -0.25) is 19.3 Å². The number of benzene rings is 2. The van der Waals surface area contributed by atoms with Gasteiger partial charge in [0.1, 0.15) is 0 Å². The number of nitrogens with zero attached hydrogens (tertiary/aromatic N) is 1. The standard InChI is InChI=1S/C24H30N4O3/c1-24(2,3)27-23(31)18-11-9-17(10-12-18)22(30)26-19-7-4-6-16(14-19)15-28-13-5-8-20(28)21(25)29/h4,6-7,9-12,14,20H,5,8,13,15H2,1-3H3,(H2,25,29)(H,26,30)(H,27,31). The van der Waals surface area contributed by atoms with Crippen molar-refractivity contribution in [2.24, 2.45) is 5.73 Å². The van der Waals surface area contributed by atoms with Crippen LogP contribution in [0.3, 0.4) is 0 Å². The lowest BCUT2D eigenvalue weighted by Crippen LogP contribution is -2.40. The van der Waals surface area contributed by atoms with Crippen molar-refractivity contribution in [1.29, 1.82) is 0 Å². The normalized spacial score (nSPS) is 16.7. The molecule has 0 spiro atoms. The number of anilines is 1. The molecule has 2 aromatic carbocycles. The number of carbonyl (C=O) groups excluding carboxylic acids is 3. The number of primary amides is 1. The van der Waals surface area contributed by atoms with Crippen LogP contribution < -0.4 is 16.4 Å². The maximum atomic E-state index is 12.6. The Bertz CT molecular complexity index is 964.